The van der Waals surface area contributed by atoms with Crippen LogP contribution in [-0.2, 0) is 11.2 Å². The van der Waals surface area contributed by atoms with E-state index in [-0.39, 0.29) is 30.0 Å². The van der Waals surface area contributed by atoms with E-state index in [1.54, 1.807) is 17.5 Å². The Hall–Kier alpha value is -2.20. The third-order valence-corrected chi connectivity index (χ3v) is 8.41. The molecule has 168 valence electrons. The molecule has 0 radical (unpaired) electrons. The summed E-state index contributed by atoms with van der Waals surface area (Å²) in [5.74, 6) is 0.644. The zero-order chi connectivity index (χ0) is 22.4. The number of aryl methyl sites for hydroxylation is 2. The first kappa shape index (κ1) is 21.6. The number of carbonyl (C=O) groups is 1. The minimum Gasteiger partial charge on any atom is -0.393 e. The van der Waals surface area contributed by atoms with Crippen LogP contribution in [0.4, 0.5) is 5.82 Å². The molecule has 0 spiro atoms. The average Bonchev–Trinajstić information content (AvgIpc) is 3.43. The second kappa shape index (κ2) is 8.62. The molecular weight excluding hydrogens is 444 g/mol. The normalized spacial score (nSPS) is 25.0. The van der Waals surface area contributed by atoms with E-state index < -0.39 is 0 Å². The topological polar surface area (TPSA) is 97.2 Å². The molecule has 3 aromatic rings. The summed E-state index contributed by atoms with van der Waals surface area (Å²) in [6.07, 6.45) is 4.84. The Morgan fingerprint density at radius 2 is 2.12 bits per heavy atom. The standard InChI is InChI=1S/C23H26N4O3S2/c1-11-6-14(7-17(11)28)27-23-16(9-24-10-25-23)21(29)19-8-15(12(2)31-19)22-20-18(4-5-30-22)32-13(3)26-20/h8-11,14,17,22,28H,4-7H2,1-3H3,(H,24,25,27)/t11-,14-,17-,22+/m1/s1. The number of thiophene rings is 1. The number of aliphatic hydroxyl groups is 1. The lowest BCUT2D eigenvalue weighted by molar-refractivity contribution is 0.0679. The van der Waals surface area contributed by atoms with Crippen LogP contribution in [0.3, 0.4) is 0 Å². The Kier molecular flexibility index (Phi) is 5.83. The van der Waals surface area contributed by atoms with Gasteiger partial charge in [0.1, 0.15) is 18.2 Å². The number of anilines is 1. The number of nitrogens with zero attached hydrogens (tertiary/aromatic N) is 3. The number of ether oxygens (including phenoxy) is 1. The fourth-order valence-corrected chi connectivity index (χ4v) is 6.55. The van der Waals surface area contributed by atoms with Crippen molar-refractivity contribution in [3.63, 3.8) is 0 Å². The molecule has 0 saturated heterocycles. The molecule has 1 aliphatic carbocycles. The maximum atomic E-state index is 13.5. The van der Waals surface area contributed by atoms with Crippen molar-refractivity contribution < 1.29 is 14.6 Å². The van der Waals surface area contributed by atoms with Crippen LogP contribution in [0.25, 0.3) is 0 Å². The predicted octanol–water partition coefficient (Wildman–Crippen LogP) is 4.08. The summed E-state index contributed by atoms with van der Waals surface area (Å²) in [6, 6.07) is 2.03. The first-order chi connectivity index (χ1) is 15.4. The number of hydrogen-bond acceptors (Lipinski definition) is 9. The van der Waals surface area contributed by atoms with Crippen molar-refractivity contribution in [2.75, 3.05) is 11.9 Å². The van der Waals surface area contributed by atoms with Gasteiger partial charge in [0, 0.05) is 34.0 Å². The van der Waals surface area contributed by atoms with Gasteiger partial charge in [-0.15, -0.1) is 22.7 Å². The van der Waals surface area contributed by atoms with Crippen molar-refractivity contribution in [3.8, 4) is 0 Å². The molecule has 32 heavy (non-hydrogen) atoms. The summed E-state index contributed by atoms with van der Waals surface area (Å²) in [4.78, 5) is 29.6. The van der Waals surface area contributed by atoms with E-state index in [4.69, 9.17) is 9.72 Å². The lowest BCUT2D eigenvalue weighted by atomic mass is 10.0. The van der Waals surface area contributed by atoms with Crippen LogP contribution < -0.4 is 5.32 Å². The highest BCUT2D eigenvalue weighted by Gasteiger charge is 2.32. The quantitative estimate of drug-likeness (QED) is 0.542. The van der Waals surface area contributed by atoms with Crippen LogP contribution in [-0.4, -0.2) is 44.6 Å². The van der Waals surface area contributed by atoms with Crippen molar-refractivity contribution in [1.29, 1.82) is 0 Å². The number of aliphatic hydroxyl groups excluding tert-OH is 1. The third-order valence-electron chi connectivity index (χ3n) is 6.30. The van der Waals surface area contributed by atoms with Gasteiger partial charge in [0.15, 0.2) is 0 Å². The van der Waals surface area contributed by atoms with Crippen LogP contribution in [0.15, 0.2) is 18.6 Å². The van der Waals surface area contributed by atoms with E-state index in [0.29, 0.717) is 29.3 Å². The van der Waals surface area contributed by atoms with Gasteiger partial charge in [-0.3, -0.25) is 4.79 Å². The van der Waals surface area contributed by atoms with E-state index in [1.807, 2.05) is 26.8 Å². The van der Waals surface area contributed by atoms with E-state index in [2.05, 4.69) is 15.3 Å². The number of nitrogens with one attached hydrogen (secondary N) is 1. The molecule has 1 fully saturated rings. The molecule has 0 amide bonds. The highest BCUT2D eigenvalue weighted by atomic mass is 32.1. The molecule has 0 unspecified atom stereocenters. The van der Waals surface area contributed by atoms with Crippen LogP contribution >= 0.6 is 22.7 Å². The van der Waals surface area contributed by atoms with E-state index >= 15 is 0 Å². The minimum absolute atomic E-state index is 0.0871. The van der Waals surface area contributed by atoms with Gasteiger partial charge >= 0.3 is 0 Å². The number of hydrogen-bond donors (Lipinski definition) is 2. The van der Waals surface area contributed by atoms with Crippen LogP contribution in [0.2, 0.25) is 0 Å². The molecule has 7 nitrogen and oxygen atoms in total. The van der Waals surface area contributed by atoms with Gasteiger partial charge in [-0.1, -0.05) is 6.92 Å². The molecule has 2 aliphatic rings. The van der Waals surface area contributed by atoms with Crippen LogP contribution in [0.5, 0.6) is 0 Å². The maximum Gasteiger partial charge on any atom is 0.208 e. The number of rotatable bonds is 5. The molecule has 1 aliphatic heterocycles. The number of aromatic nitrogens is 3. The van der Waals surface area contributed by atoms with E-state index in [9.17, 15) is 9.90 Å². The third kappa shape index (κ3) is 3.98. The Balaban J connectivity index is 1.42. The number of thiazole rings is 1. The monoisotopic (exact) mass is 470 g/mol. The van der Waals surface area contributed by atoms with Gasteiger partial charge < -0.3 is 15.2 Å². The van der Waals surface area contributed by atoms with Crippen molar-refractivity contribution in [2.45, 2.75) is 58.3 Å². The van der Waals surface area contributed by atoms with Crippen LogP contribution in [0, 0.1) is 19.8 Å². The van der Waals surface area contributed by atoms with Gasteiger partial charge in [-0.25, -0.2) is 15.0 Å². The van der Waals surface area contributed by atoms with Crippen molar-refractivity contribution >= 4 is 34.3 Å². The molecule has 5 rings (SSSR count). The van der Waals surface area contributed by atoms with E-state index in [1.165, 1.54) is 22.5 Å². The zero-order valence-electron chi connectivity index (χ0n) is 18.3. The first-order valence-electron chi connectivity index (χ1n) is 10.9. The fourth-order valence-electron chi connectivity index (χ4n) is 4.60. The molecular formula is C23H26N4O3S2. The van der Waals surface area contributed by atoms with Gasteiger partial charge in [0.2, 0.25) is 5.78 Å². The average molecular weight is 471 g/mol. The maximum absolute atomic E-state index is 13.5. The highest BCUT2D eigenvalue weighted by Crippen LogP contribution is 2.39. The summed E-state index contributed by atoms with van der Waals surface area (Å²) in [5, 5.41) is 14.5. The molecule has 4 atom stereocenters. The summed E-state index contributed by atoms with van der Waals surface area (Å²) < 4.78 is 6.09. The minimum atomic E-state index is -0.328. The molecule has 2 N–H and O–H groups in total. The number of carbonyl (C=O) groups excluding carboxylic acids is 1. The molecule has 3 aromatic heterocycles. The van der Waals surface area contributed by atoms with E-state index in [0.717, 1.165) is 34.0 Å². The van der Waals surface area contributed by atoms with Gasteiger partial charge in [-0.2, -0.15) is 0 Å². The smallest absolute Gasteiger partial charge is 0.208 e. The Morgan fingerprint density at radius 1 is 1.28 bits per heavy atom. The number of ketones is 1. The molecule has 0 aromatic carbocycles. The zero-order valence-corrected chi connectivity index (χ0v) is 19.9. The molecule has 9 heteroatoms. The molecule has 1 saturated carbocycles. The first-order valence-corrected chi connectivity index (χ1v) is 12.5. The van der Waals surface area contributed by atoms with Gasteiger partial charge in [0.25, 0.3) is 0 Å². The van der Waals surface area contributed by atoms with Gasteiger partial charge in [-0.05, 0) is 38.7 Å². The molecule has 4 heterocycles. The van der Waals surface area contributed by atoms with Crippen LogP contribution in [0.1, 0.15) is 67.1 Å². The SMILES string of the molecule is Cc1nc2c(s1)CCO[C@H]2c1cc(C(=O)c2cncnc2N[C@@H]2C[C@@H](C)[C@H](O)C2)sc1C. The largest absolute Gasteiger partial charge is 0.393 e. The Bertz CT molecular complexity index is 1150. The summed E-state index contributed by atoms with van der Waals surface area (Å²) in [7, 11) is 0. The highest BCUT2D eigenvalue weighted by molar-refractivity contribution is 7.14. The Labute approximate surface area is 194 Å². The second-order valence-electron chi connectivity index (χ2n) is 8.64. The predicted molar refractivity (Wildman–Crippen MR) is 125 cm³/mol. The summed E-state index contributed by atoms with van der Waals surface area (Å²) in [5.41, 5.74) is 2.44. The second-order valence-corrected chi connectivity index (χ2v) is 11.2. The summed E-state index contributed by atoms with van der Waals surface area (Å²) in [6.45, 7) is 6.74. The lowest BCUT2D eigenvalue weighted by Gasteiger charge is -2.22. The molecule has 0 bridgehead atoms. The Morgan fingerprint density at radius 3 is 2.91 bits per heavy atom. The van der Waals surface area contributed by atoms with Crippen molar-refractivity contribution in [1.82, 2.24) is 15.0 Å². The fraction of sp³-hybridized carbons (Fsp3) is 0.478. The summed E-state index contributed by atoms with van der Waals surface area (Å²) >= 11 is 3.19. The van der Waals surface area contributed by atoms with Gasteiger partial charge in [0.05, 0.1) is 33.9 Å². The number of fused-ring (bicyclic) bond motifs is 1. The lowest BCUT2D eigenvalue weighted by Crippen LogP contribution is -2.20. The van der Waals surface area contributed by atoms with Crippen molar-refractivity contribution in [3.05, 3.63) is 55.1 Å². The van der Waals surface area contributed by atoms with Crippen molar-refractivity contribution in [2.24, 2.45) is 5.92 Å².